The molecule has 0 radical (unpaired) electrons. The number of benzene rings is 4. The highest BCUT2D eigenvalue weighted by molar-refractivity contribution is 7.96. The lowest BCUT2D eigenvalue weighted by Gasteiger charge is -2.33. The molecule has 0 nitrogen and oxygen atoms in total. The van der Waals surface area contributed by atoms with Gasteiger partial charge in [0.1, 0.15) is 34.7 Å². The summed E-state index contributed by atoms with van der Waals surface area (Å²) in [6.07, 6.45) is 2.06. The van der Waals surface area contributed by atoms with Crippen molar-refractivity contribution in [2.24, 2.45) is 0 Å². The van der Waals surface area contributed by atoms with Crippen molar-refractivity contribution in [1.82, 2.24) is 0 Å². The van der Waals surface area contributed by atoms with Gasteiger partial charge < -0.3 is 0 Å². The molecule has 1 aliphatic rings. The summed E-state index contributed by atoms with van der Waals surface area (Å²) in [6, 6.07) is 38.1. The van der Waals surface area contributed by atoms with Crippen molar-refractivity contribution >= 4 is 23.2 Å². The Morgan fingerprint density at radius 3 is 1.59 bits per heavy atom. The maximum atomic E-state index is 14.3. The van der Waals surface area contributed by atoms with Crippen molar-refractivity contribution < 1.29 is 4.39 Å². The summed E-state index contributed by atoms with van der Waals surface area (Å²) < 4.78 is 14.3. The fourth-order valence-corrected chi connectivity index (χ4v) is 10.0. The first-order chi connectivity index (χ1) is 14.3. The summed E-state index contributed by atoms with van der Waals surface area (Å²) in [5.41, 5.74) is 2.76. The maximum Gasteiger partial charge on any atom is 0.123 e. The van der Waals surface area contributed by atoms with Crippen LogP contribution in [0.1, 0.15) is 23.2 Å². The van der Waals surface area contributed by atoms with E-state index in [1.165, 1.54) is 27.0 Å². The van der Waals surface area contributed by atoms with E-state index in [2.05, 4.69) is 91.0 Å². The quantitative estimate of drug-likeness (QED) is 0.382. The summed E-state index contributed by atoms with van der Waals surface area (Å²) in [6.45, 7) is 0. The van der Waals surface area contributed by atoms with Gasteiger partial charge >= 0.3 is 0 Å². The molecule has 142 valence electrons. The molecule has 0 aromatic heterocycles. The molecule has 5 rings (SSSR count). The van der Waals surface area contributed by atoms with Gasteiger partial charge in [-0.15, -0.1) is 0 Å². The van der Waals surface area contributed by atoms with Crippen LogP contribution in [0.25, 0.3) is 0 Å². The lowest BCUT2D eigenvalue weighted by Crippen LogP contribution is -2.34. The predicted octanol–water partition coefficient (Wildman–Crippen LogP) is 5.81. The molecule has 0 spiro atoms. The molecule has 4 aromatic carbocycles. The van der Waals surface area contributed by atoms with Crippen LogP contribution in [-0.2, 0) is 6.42 Å². The third-order valence-corrected chi connectivity index (χ3v) is 10.9. The highest BCUT2D eigenvalue weighted by Crippen LogP contribution is 2.70. The molecule has 0 bridgehead atoms. The summed E-state index contributed by atoms with van der Waals surface area (Å²) >= 11 is 0. The Hall–Kier alpha value is -2.76. The third-order valence-electron chi connectivity index (χ3n) is 6.11. The van der Waals surface area contributed by atoms with Crippen molar-refractivity contribution in [2.75, 3.05) is 0 Å². The maximum absolute atomic E-state index is 14.3. The molecular weight excluding hydrogens is 374 g/mol. The van der Waals surface area contributed by atoms with E-state index in [0.717, 1.165) is 12.8 Å². The number of fused-ring (bicyclic) bond motifs is 1. The van der Waals surface area contributed by atoms with Crippen molar-refractivity contribution in [3.63, 3.8) is 0 Å². The molecule has 2 heteroatoms. The van der Waals surface area contributed by atoms with Crippen LogP contribution in [0.3, 0.4) is 0 Å². The number of halogens is 1. The van der Waals surface area contributed by atoms with E-state index >= 15 is 0 Å². The Bertz CT molecular complexity index is 1010. The van der Waals surface area contributed by atoms with E-state index < -0.39 is 7.26 Å². The van der Waals surface area contributed by atoms with Gasteiger partial charge in [0, 0.05) is 0 Å². The van der Waals surface area contributed by atoms with E-state index in [1.807, 2.05) is 6.07 Å². The molecular formula is C27H23FP+. The highest BCUT2D eigenvalue weighted by Gasteiger charge is 2.54. The molecule has 0 saturated heterocycles. The molecule has 1 aliphatic carbocycles. The standard InChI is InChI=1S/C27H23FP/c28-22-18-16-21-17-19-27(26(21)20-22)29(23-10-4-1-5-11-23,24-12-6-2-7-13-24)25-14-8-3-9-15-25/h1-16,18,20,27H,17,19H2/q+1. The molecule has 0 aliphatic heterocycles. The van der Waals surface area contributed by atoms with Gasteiger partial charge in [0.05, 0.1) is 0 Å². The van der Waals surface area contributed by atoms with Gasteiger partial charge in [0.2, 0.25) is 0 Å². The Morgan fingerprint density at radius 1 is 0.621 bits per heavy atom. The van der Waals surface area contributed by atoms with E-state index in [-0.39, 0.29) is 11.5 Å². The Morgan fingerprint density at radius 2 is 1.10 bits per heavy atom. The van der Waals surface area contributed by atoms with E-state index in [9.17, 15) is 4.39 Å². The zero-order valence-corrected chi connectivity index (χ0v) is 17.1. The van der Waals surface area contributed by atoms with Crippen LogP contribution < -0.4 is 15.9 Å². The van der Waals surface area contributed by atoms with Crippen molar-refractivity contribution in [1.29, 1.82) is 0 Å². The van der Waals surface area contributed by atoms with Gasteiger partial charge in [-0.2, -0.15) is 0 Å². The minimum Gasteiger partial charge on any atom is -0.207 e. The number of hydrogen-bond donors (Lipinski definition) is 0. The van der Waals surface area contributed by atoms with Crippen molar-refractivity contribution in [3.8, 4) is 0 Å². The van der Waals surface area contributed by atoms with Crippen LogP contribution in [0.4, 0.5) is 4.39 Å². The minimum atomic E-state index is -2.02. The third kappa shape index (κ3) is 3.02. The SMILES string of the molecule is Fc1ccc2c(c1)C([P+](c1ccccc1)(c1ccccc1)c1ccccc1)CC2. The summed E-state index contributed by atoms with van der Waals surface area (Å²) in [5.74, 6) is -0.136. The predicted molar refractivity (Wildman–Crippen MR) is 123 cm³/mol. The second-order valence-corrected chi connectivity index (χ2v) is 11.2. The van der Waals surface area contributed by atoms with Gasteiger partial charge in [-0.05, 0) is 72.5 Å². The summed E-state index contributed by atoms with van der Waals surface area (Å²) in [5, 5.41) is 4.08. The molecule has 4 aromatic rings. The Balaban J connectivity index is 1.87. The molecule has 1 unspecified atom stereocenters. The molecule has 0 saturated carbocycles. The monoisotopic (exact) mass is 397 g/mol. The van der Waals surface area contributed by atoms with E-state index in [4.69, 9.17) is 0 Å². The lowest BCUT2D eigenvalue weighted by molar-refractivity contribution is 0.625. The average Bonchev–Trinajstić information content (AvgIpc) is 3.20. The van der Waals surface area contributed by atoms with Gasteiger partial charge in [-0.25, -0.2) is 4.39 Å². The first-order valence-electron chi connectivity index (χ1n) is 10.1. The zero-order valence-electron chi connectivity index (χ0n) is 16.2. The number of rotatable bonds is 4. The van der Waals surface area contributed by atoms with Crippen molar-refractivity contribution in [3.05, 3.63) is 126 Å². The molecule has 1 atom stereocenters. The normalized spacial score (nSPS) is 15.8. The molecule has 0 N–H and O–H groups in total. The highest BCUT2D eigenvalue weighted by atomic mass is 31.2. The lowest BCUT2D eigenvalue weighted by atomic mass is 10.1. The fraction of sp³-hybridized carbons (Fsp3) is 0.111. The first kappa shape index (κ1) is 18.3. The molecule has 0 heterocycles. The van der Waals surface area contributed by atoms with Gasteiger partial charge in [-0.3, -0.25) is 0 Å². The second-order valence-electron chi connectivity index (χ2n) is 7.63. The fourth-order valence-electron chi connectivity index (χ4n) is 4.93. The Kier molecular flexibility index (Phi) is 4.78. The molecule has 0 fully saturated rings. The average molecular weight is 397 g/mol. The topological polar surface area (TPSA) is 0 Å². The van der Waals surface area contributed by atoms with Gasteiger partial charge in [0.25, 0.3) is 0 Å². The van der Waals surface area contributed by atoms with Gasteiger partial charge in [0.15, 0.2) is 0 Å². The summed E-state index contributed by atoms with van der Waals surface area (Å²) in [4.78, 5) is 0. The second kappa shape index (κ2) is 7.58. The van der Waals surface area contributed by atoms with Crippen LogP contribution in [-0.4, -0.2) is 0 Å². The van der Waals surface area contributed by atoms with Gasteiger partial charge in [-0.1, -0.05) is 60.7 Å². The van der Waals surface area contributed by atoms with Crippen LogP contribution >= 0.6 is 7.26 Å². The van der Waals surface area contributed by atoms with Crippen LogP contribution in [0.5, 0.6) is 0 Å². The largest absolute Gasteiger partial charge is 0.207 e. The van der Waals surface area contributed by atoms with Crippen molar-refractivity contribution in [2.45, 2.75) is 18.5 Å². The molecule has 29 heavy (non-hydrogen) atoms. The van der Waals surface area contributed by atoms with Crippen LogP contribution in [0.15, 0.2) is 109 Å². The van der Waals surface area contributed by atoms with Crippen LogP contribution in [0, 0.1) is 5.82 Å². The first-order valence-corrected chi connectivity index (χ1v) is 12.0. The van der Waals surface area contributed by atoms with E-state index in [0.29, 0.717) is 0 Å². The van der Waals surface area contributed by atoms with Crippen LogP contribution in [0.2, 0.25) is 0 Å². The minimum absolute atomic E-state index is 0.136. The van der Waals surface area contributed by atoms with E-state index in [1.54, 1.807) is 12.1 Å². The zero-order chi connectivity index (χ0) is 19.7. The number of hydrogen-bond acceptors (Lipinski definition) is 0. The molecule has 0 amide bonds. The summed E-state index contributed by atoms with van der Waals surface area (Å²) in [7, 11) is -2.02. The smallest absolute Gasteiger partial charge is 0.123 e. The Labute approximate surface area is 172 Å². The number of aryl methyl sites for hydroxylation is 1.